The third-order valence-corrected chi connectivity index (χ3v) is 2.53. The minimum absolute atomic E-state index is 0.0436. The number of carbonyl (C=O) groups is 1. The molecular formula is C11H15N7O3. The molecule has 112 valence electrons. The molecule has 0 bridgehead atoms. The first-order valence-electron chi connectivity index (χ1n) is 5.73. The molecule has 0 atom stereocenters. The predicted octanol–water partition coefficient (Wildman–Crippen LogP) is -1.95. The van der Waals surface area contributed by atoms with Gasteiger partial charge < -0.3 is 11.2 Å². The number of aliphatic imine (C=N–C) groups is 1. The van der Waals surface area contributed by atoms with Gasteiger partial charge in [0.25, 0.3) is 11.5 Å². The van der Waals surface area contributed by atoms with Gasteiger partial charge in [0.2, 0.25) is 5.71 Å². The molecule has 1 aromatic rings. The third-order valence-electron chi connectivity index (χ3n) is 2.53. The van der Waals surface area contributed by atoms with E-state index in [9.17, 15) is 14.4 Å². The van der Waals surface area contributed by atoms with Gasteiger partial charge in [0.15, 0.2) is 11.5 Å². The number of nitrogens with two attached hydrogens (primary N) is 1. The molecule has 0 aliphatic rings. The number of nitrogens with zero attached hydrogens (tertiary/aromatic N) is 5. The highest BCUT2D eigenvalue weighted by atomic mass is 16.2. The molecule has 3 N–H and O–H groups in total. The van der Waals surface area contributed by atoms with Crippen molar-refractivity contribution in [1.82, 2.24) is 14.1 Å². The van der Waals surface area contributed by atoms with Crippen LogP contribution in [0.15, 0.2) is 14.6 Å². The van der Waals surface area contributed by atoms with Gasteiger partial charge in [-0.3, -0.25) is 18.7 Å². The fraction of sp³-hybridized carbons (Fsp3) is 0.364. The van der Waals surface area contributed by atoms with Crippen LogP contribution in [0.2, 0.25) is 0 Å². The zero-order valence-electron chi connectivity index (χ0n) is 12.0. The van der Waals surface area contributed by atoms with Crippen LogP contribution in [0.1, 0.15) is 0 Å². The number of hydrazine groups is 1. The summed E-state index contributed by atoms with van der Waals surface area (Å²) in [6.07, 6.45) is 0. The first-order chi connectivity index (χ1) is 9.70. The summed E-state index contributed by atoms with van der Waals surface area (Å²) in [5.41, 5.74) is 5.51. The van der Waals surface area contributed by atoms with E-state index < -0.39 is 22.9 Å². The molecule has 0 unspecified atom stereocenters. The highest BCUT2D eigenvalue weighted by Gasteiger charge is 2.18. The number of aromatic nitrogens is 2. The molecule has 0 aliphatic heterocycles. The van der Waals surface area contributed by atoms with Crippen LogP contribution >= 0.6 is 0 Å². The second-order valence-electron chi connectivity index (χ2n) is 4.35. The third kappa shape index (κ3) is 3.15. The summed E-state index contributed by atoms with van der Waals surface area (Å²) in [6, 6.07) is 1.51. The lowest BCUT2D eigenvalue weighted by Crippen LogP contribution is -2.39. The Morgan fingerprint density at radius 3 is 2.33 bits per heavy atom. The Morgan fingerprint density at radius 2 is 1.90 bits per heavy atom. The topological polar surface area (TPSA) is 139 Å². The number of hydrogen-bond acceptors (Lipinski definition) is 7. The molecule has 0 fully saturated rings. The Morgan fingerprint density at radius 1 is 1.33 bits per heavy atom. The number of nitriles is 1. The summed E-state index contributed by atoms with van der Waals surface area (Å²) in [6.45, 7) is 0. The van der Waals surface area contributed by atoms with E-state index in [1.165, 1.54) is 25.2 Å². The van der Waals surface area contributed by atoms with Crippen LogP contribution in [0, 0.1) is 11.3 Å². The van der Waals surface area contributed by atoms with E-state index >= 15 is 0 Å². The van der Waals surface area contributed by atoms with Crippen LogP contribution in [0.4, 0.5) is 11.5 Å². The van der Waals surface area contributed by atoms with Crippen molar-refractivity contribution in [2.45, 2.75) is 0 Å². The molecule has 0 saturated carbocycles. The number of carbonyl (C=O) groups excluding carboxylic acids is 1. The van der Waals surface area contributed by atoms with Crippen molar-refractivity contribution in [1.29, 1.82) is 5.26 Å². The molecule has 0 aliphatic carbocycles. The molecule has 0 saturated heterocycles. The molecular weight excluding hydrogens is 278 g/mol. The zero-order chi connectivity index (χ0) is 16.3. The number of rotatable bonds is 4. The first kappa shape index (κ1) is 16.1. The smallest absolute Gasteiger partial charge is 0.332 e. The van der Waals surface area contributed by atoms with Gasteiger partial charge in [0.1, 0.15) is 6.07 Å². The summed E-state index contributed by atoms with van der Waals surface area (Å²) < 4.78 is 1.95. The van der Waals surface area contributed by atoms with Gasteiger partial charge in [-0.2, -0.15) is 5.26 Å². The van der Waals surface area contributed by atoms with E-state index in [1.54, 1.807) is 14.1 Å². The van der Waals surface area contributed by atoms with E-state index in [0.29, 0.717) is 0 Å². The summed E-state index contributed by atoms with van der Waals surface area (Å²) in [4.78, 5) is 38.8. The fourth-order valence-corrected chi connectivity index (χ4v) is 1.51. The minimum atomic E-state index is -1.07. The molecule has 0 aromatic carbocycles. The number of anilines is 1. The average molecular weight is 293 g/mol. The van der Waals surface area contributed by atoms with Crippen molar-refractivity contribution >= 4 is 23.1 Å². The summed E-state index contributed by atoms with van der Waals surface area (Å²) in [5.74, 6) is -1.02. The lowest BCUT2D eigenvalue weighted by Gasteiger charge is -2.18. The average Bonchev–Trinajstić information content (AvgIpc) is 2.41. The maximum Gasteiger partial charge on any atom is 0.332 e. The Labute approximate surface area is 119 Å². The zero-order valence-corrected chi connectivity index (χ0v) is 12.0. The Hall–Kier alpha value is -2.93. The van der Waals surface area contributed by atoms with Gasteiger partial charge in [-0.15, -0.1) is 0 Å². The summed E-state index contributed by atoms with van der Waals surface area (Å²) in [7, 11) is 5.95. The van der Waals surface area contributed by atoms with Crippen molar-refractivity contribution in [2.24, 2.45) is 24.8 Å². The van der Waals surface area contributed by atoms with E-state index in [1.807, 2.05) is 0 Å². The van der Waals surface area contributed by atoms with Gasteiger partial charge >= 0.3 is 5.69 Å². The Kier molecular flexibility index (Phi) is 4.62. The lowest BCUT2D eigenvalue weighted by molar-refractivity contribution is -0.111. The predicted molar refractivity (Wildman–Crippen MR) is 76.1 cm³/mol. The second kappa shape index (κ2) is 6.02. The van der Waals surface area contributed by atoms with Crippen LogP contribution in [-0.2, 0) is 18.9 Å². The minimum Gasteiger partial charge on any atom is -0.364 e. The van der Waals surface area contributed by atoms with Crippen molar-refractivity contribution in [2.75, 3.05) is 19.5 Å². The standard InChI is InChI=1S/C11H15N7O3/c1-16(2)15-9-7(14-6(5-12)8(13)19)10(20)18(4)11(21)17(9)3/h15H,1-4H3,(H2,13,19). The second-order valence-corrected chi connectivity index (χ2v) is 4.35. The van der Waals surface area contributed by atoms with Crippen molar-refractivity contribution < 1.29 is 4.79 Å². The quantitative estimate of drug-likeness (QED) is 0.489. The van der Waals surface area contributed by atoms with E-state index in [2.05, 4.69) is 10.4 Å². The van der Waals surface area contributed by atoms with Gasteiger partial charge in [-0.05, 0) is 0 Å². The normalized spacial score (nSPS) is 11.3. The molecule has 0 spiro atoms. The molecule has 1 rings (SSSR count). The van der Waals surface area contributed by atoms with Gasteiger partial charge in [0.05, 0.1) is 0 Å². The largest absolute Gasteiger partial charge is 0.364 e. The SMILES string of the molecule is CN(C)Nc1c(N=C(C#N)C(N)=O)c(=O)n(C)c(=O)n1C. The van der Waals surface area contributed by atoms with Gasteiger partial charge in [-0.25, -0.2) is 14.8 Å². The molecule has 21 heavy (non-hydrogen) atoms. The van der Waals surface area contributed by atoms with Crippen LogP contribution in [-0.4, -0.2) is 39.9 Å². The Bertz CT molecular complexity index is 764. The molecule has 10 heteroatoms. The maximum atomic E-state index is 12.1. The fourth-order valence-electron chi connectivity index (χ4n) is 1.51. The molecule has 0 radical (unpaired) electrons. The maximum absolute atomic E-state index is 12.1. The van der Waals surface area contributed by atoms with E-state index in [-0.39, 0.29) is 11.5 Å². The number of amides is 1. The highest BCUT2D eigenvalue weighted by Crippen LogP contribution is 2.18. The molecule has 1 aromatic heterocycles. The van der Waals surface area contributed by atoms with Crippen molar-refractivity contribution in [3.05, 3.63) is 20.8 Å². The molecule has 1 heterocycles. The number of hydrogen-bond donors (Lipinski definition) is 2. The lowest BCUT2D eigenvalue weighted by atomic mass is 10.3. The molecule has 1 amide bonds. The van der Waals surface area contributed by atoms with Crippen LogP contribution in [0.5, 0.6) is 0 Å². The summed E-state index contributed by atoms with van der Waals surface area (Å²) >= 11 is 0. The van der Waals surface area contributed by atoms with E-state index in [4.69, 9.17) is 11.0 Å². The van der Waals surface area contributed by atoms with Crippen LogP contribution in [0.25, 0.3) is 0 Å². The van der Waals surface area contributed by atoms with Crippen molar-refractivity contribution in [3.8, 4) is 6.07 Å². The monoisotopic (exact) mass is 293 g/mol. The van der Waals surface area contributed by atoms with Crippen molar-refractivity contribution in [3.63, 3.8) is 0 Å². The first-order valence-corrected chi connectivity index (χ1v) is 5.73. The highest BCUT2D eigenvalue weighted by molar-refractivity contribution is 6.45. The van der Waals surface area contributed by atoms with E-state index in [0.717, 1.165) is 9.13 Å². The number of primary amides is 1. The Balaban J connectivity index is 3.80. The summed E-state index contributed by atoms with van der Waals surface area (Å²) in [5, 5.41) is 10.3. The van der Waals surface area contributed by atoms with Crippen LogP contribution in [0.3, 0.4) is 0 Å². The molecule has 10 nitrogen and oxygen atoms in total. The van der Waals surface area contributed by atoms with Crippen LogP contribution < -0.4 is 22.4 Å². The number of nitrogens with one attached hydrogen (secondary N) is 1. The van der Waals surface area contributed by atoms with Gasteiger partial charge in [-0.1, -0.05) is 0 Å². The van der Waals surface area contributed by atoms with Gasteiger partial charge in [0, 0.05) is 28.2 Å².